The van der Waals surface area contributed by atoms with E-state index in [1.807, 2.05) is 18.7 Å². The van der Waals surface area contributed by atoms with Gasteiger partial charge in [-0.25, -0.2) is 0 Å². The molecule has 10 heteroatoms. The predicted octanol–water partition coefficient (Wildman–Crippen LogP) is 4.08. The molecule has 0 bridgehead atoms. The summed E-state index contributed by atoms with van der Waals surface area (Å²) in [5, 5.41) is 11.3. The van der Waals surface area contributed by atoms with Crippen molar-refractivity contribution in [2.24, 2.45) is 0 Å². The van der Waals surface area contributed by atoms with Crippen molar-refractivity contribution in [2.75, 3.05) is 37.4 Å². The topological polar surface area (TPSA) is 93.7 Å². The van der Waals surface area contributed by atoms with Gasteiger partial charge in [0.25, 0.3) is 5.91 Å². The maximum atomic E-state index is 12.6. The first kappa shape index (κ1) is 23.3. The normalized spacial score (nSPS) is 14.1. The van der Waals surface area contributed by atoms with Crippen LogP contribution < -0.4 is 14.8 Å². The summed E-state index contributed by atoms with van der Waals surface area (Å²) in [6, 6.07) is 5.05. The molecule has 2 amide bonds. The van der Waals surface area contributed by atoms with Gasteiger partial charge in [0.2, 0.25) is 11.0 Å². The quantitative estimate of drug-likeness (QED) is 0.441. The summed E-state index contributed by atoms with van der Waals surface area (Å²) in [5.41, 5.74) is 0.438. The first-order valence-corrected chi connectivity index (χ1v) is 12.4. The van der Waals surface area contributed by atoms with Gasteiger partial charge in [0, 0.05) is 18.7 Å². The maximum Gasteiger partial charge on any atom is 0.257 e. The third-order valence-corrected chi connectivity index (χ3v) is 6.67. The second-order valence-corrected chi connectivity index (χ2v) is 9.14. The van der Waals surface area contributed by atoms with Crippen molar-refractivity contribution < 1.29 is 19.1 Å². The van der Waals surface area contributed by atoms with Crippen molar-refractivity contribution in [3.8, 4) is 11.5 Å². The SMILES string of the molecule is CCOc1ccc(C(=O)Nc2nnc(SCC(=O)N3CCCCCC3)s2)cc1OCC. The lowest BCUT2D eigenvalue weighted by Crippen LogP contribution is -2.33. The molecule has 1 aromatic heterocycles. The summed E-state index contributed by atoms with van der Waals surface area (Å²) in [5.74, 6) is 1.28. The molecule has 1 aromatic carbocycles. The Morgan fingerprint density at radius 1 is 1.06 bits per heavy atom. The molecule has 0 radical (unpaired) electrons. The van der Waals surface area contributed by atoms with Crippen LogP contribution in [0, 0.1) is 0 Å². The Hall–Kier alpha value is -2.33. The van der Waals surface area contributed by atoms with Crippen LogP contribution in [0.2, 0.25) is 0 Å². The van der Waals surface area contributed by atoms with Crippen molar-refractivity contribution in [2.45, 2.75) is 43.9 Å². The second-order valence-electron chi connectivity index (χ2n) is 6.94. The average molecular weight is 465 g/mol. The van der Waals surface area contributed by atoms with Crippen LogP contribution in [0.4, 0.5) is 5.13 Å². The molecular formula is C21H28N4O4S2. The minimum Gasteiger partial charge on any atom is -0.490 e. The number of carbonyl (C=O) groups excluding carboxylic acids is 2. The minimum atomic E-state index is -0.308. The molecule has 2 aromatic rings. The second kappa shape index (κ2) is 11.9. The first-order chi connectivity index (χ1) is 15.1. The van der Waals surface area contributed by atoms with E-state index in [-0.39, 0.29) is 11.8 Å². The Bertz CT molecular complexity index is 882. The van der Waals surface area contributed by atoms with Gasteiger partial charge in [0.05, 0.1) is 19.0 Å². The van der Waals surface area contributed by atoms with Crippen LogP contribution in [0.5, 0.6) is 11.5 Å². The molecule has 168 valence electrons. The van der Waals surface area contributed by atoms with Gasteiger partial charge in [-0.3, -0.25) is 14.9 Å². The zero-order chi connectivity index (χ0) is 22.1. The highest BCUT2D eigenvalue weighted by Crippen LogP contribution is 2.30. The fourth-order valence-corrected chi connectivity index (χ4v) is 4.86. The monoisotopic (exact) mass is 464 g/mol. The third kappa shape index (κ3) is 6.83. The van der Waals surface area contributed by atoms with E-state index in [9.17, 15) is 9.59 Å². The highest BCUT2D eigenvalue weighted by molar-refractivity contribution is 8.01. The molecule has 2 heterocycles. The number of nitrogens with zero attached hydrogens (tertiary/aromatic N) is 3. The molecule has 1 aliphatic heterocycles. The number of carbonyl (C=O) groups is 2. The summed E-state index contributed by atoms with van der Waals surface area (Å²) in [6.07, 6.45) is 4.53. The number of thioether (sulfide) groups is 1. The maximum absolute atomic E-state index is 12.6. The number of aromatic nitrogens is 2. The zero-order valence-corrected chi connectivity index (χ0v) is 19.5. The Morgan fingerprint density at radius 3 is 2.48 bits per heavy atom. The fraction of sp³-hybridized carbons (Fsp3) is 0.524. The summed E-state index contributed by atoms with van der Waals surface area (Å²) >= 11 is 2.61. The van der Waals surface area contributed by atoms with Gasteiger partial charge in [0.1, 0.15) is 0 Å². The molecule has 0 aliphatic carbocycles. The van der Waals surface area contributed by atoms with Gasteiger partial charge < -0.3 is 14.4 Å². The first-order valence-electron chi connectivity index (χ1n) is 10.6. The Labute approximate surface area is 190 Å². The standard InChI is InChI=1S/C21H28N4O4S2/c1-3-28-16-10-9-15(13-17(16)29-4-2)19(27)22-20-23-24-21(31-20)30-14-18(26)25-11-7-5-6-8-12-25/h9-10,13H,3-8,11-12,14H2,1-2H3,(H,22,23,27). The molecule has 1 aliphatic rings. The number of hydrogen-bond donors (Lipinski definition) is 1. The van der Waals surface area contributed by atoms with Gasteiger partial charge in [-0.15, -0.1) is 10.2 Å². The number of rotatable bonds is 9. The molecular weight excluding hydrogens is 436 g/mol. The highest BCUT2D eigenvalue weighted by Gasteiger charge is 2.18. The van der Waals surface area contributed by atoms with Crippen LogP contribution in [0.3, 0.4) is 0 Å². The van der Waals surface area contributed by atoms with E-state index in [0.717, 1.165) is 25.9 Å². The van der Waals surface area contributed by atoms with Crippen molar-refractivity contribution in [3.05, 3.63) is 23.8 Å². The van der Waals surface area contributed by atoms with Gasteiger partial charge in [0.15, 0.2) is 15.8 Å². The molecule has 1 N–H and O–H groups in total. The molecule has 3 rings (SSSR count). The van der Waals surface area contributed by atoms with Crippen LogP contribution in [0.1, 0.15) is 49.9 Å². The molecule has 0 unspecified atom stereocenters. The van der Waals surface area contributed by atoms with E-state index in [0.29, 0.717) is 45.5 Å². The number of ether oxygens (including phenoxy) is 2. The molecule has 1 saturated heterocycles. The van der Waals surface area contributed by atoms with Crippen molar-refractivity contribution in [1.29, 1.82) is 0 Å². The smallest absolute Gasteiger partial charge is 0.257 e. The Kier molecular flexibility index (Phi) is 8.96. The molecule has 0 saturated carbocycles. The summed E-state index contributed by atoms with van der Waals surface area (Å²) in [4.78, 5) is 27.0. The van der Waals surface area contributed by atoms with E-state index in [1.54, 1.807) is 18.2 Å². The van der Waals surface area contributed by atoms with Crippen LogP contribution in [-0.4, -0.2) is 59.0 Å². The van der Waals surface area contributed by atoms with Crippen LogP contribution in [-0.2, 0) is 4.79 Å². The number of hydrogen-bond acceptors (Lipinski definition) is 8. The number of amides is 2. The lowest BCUT2D eigenvalue weighted by Gasteiger charge is -2.19. The summed E-state index contributed by atoms with van der Waals surface area (Å²) in [6.45, 7) is 6.42. The number of likely N-dealkylation sites (tertiary alicyclic amines) is 1. The molecule has 31 heavy (non-hydrogen) atoms. The predicted molar refractivity (Wildman–Crippen MR) is 122 cm³/mol. The summed E-state index contributed by atoms with van der Waals surface area (Å²) in [7, 11) is 0. The van der Waals surface area contributed by atoms with E-state index < -0.39 is 0 Å². The Balaban J connectivity index is 1.55. The van der Waals surface area contributed by atoms with Gasteiger partial charge >= 0.3 is 0 Å². The number of nitrogens with one attached hydrogen (secondary N) is 1. The van der Waals surface area contributed by atoms with Gasteiger partial charge in [-0.1, -0.05) is 35.9 Å². The number of anilines is 1. The van der Waals surface area contributed by atoms with Crippen LogP contribution in [0.25, 0.3) is 0 Å². The molecule has 0 atom stereocenters. The van der Waals surface area contributed by atoms with E-state index >= 15 is 0 Å². The highest BCUT2D eigenvalue weighted by atomic mass is 32.2. The van der Waals surface area contributed by atoms with Crippen molar-refractivity contribution in [1.82, 2.24) is 15.1 Å². The minimum absolute atomic E-state index is 0.130. The lowest BCUT2D eigenvalue weighted by molar-refractivity contribution is -0.128. The van der Waals surface area contributed by atoms with E-state index in [1.165, 1.54) is 35.9 Å². The molecule has 1 fully saturated rings. The molecule has 0 spiro atoms. The van der Waals surface area contributed by atoms with E-state index in [2.05, 4.69) is 15.5 Å². The third-order valence-electron chi connectivity index (χ3n) is 4.71. The largest absolute Gasteiger partial charge is 0.490 e. The van der Waals surface area contributed by atoms with E-state index in [4.69, 9.17) is 9.47 Å². The van der Waals surface area contributed by atoms with Crippen molar-refractivity contribution >= 4 is 40.0 Å². The number of benzene rings is 1. The van der Waals surface area contributed by atoms with Gasteiger partial charge in [-0.05, 0) is 44.9 Å². The van der Waals surface area contributed by atoms with Crippen molar-refractivity contribution in [3.63, 3.8) is 0 Å². The zero-order valence-electron chi connectivity index (χ0n) is 17.9. The van der Waals surface area contributed by atoms with Crippen LogP contribution in [0.15, 0.2) is 22.5 Å². The fourth-order valence-electron chi connectivity index (χ4n) is 3.22. The Morgan fingerprint density at radius 2 is 1.77 bits per heavy atom. The van der Waals surface area contributed by atoms with Gasteiger partial charge in [-0.2, -0.15) is 0 Å². The summed E-state index contributed by atoms with van der Waals surface area (Å²) < 4.78 is 11.8. The average Bonchev–Trinajstić information content (AvgIpc) is 3.03. The molecule has 8 nitrogen and oxygen atoms in total. The lowest BCUT2D eigenvalue weighted by atomic mass is 10.2. The van der Waals surface area contributed by atoms with Crippen LogP contribution >= 0.6 is 23.1 Å².